The summed E-state index contributed by atoms with van der Waals surface area (Å²) in [6, 6.07) is 10.3. The van der Waals surface area contributed by atoms with Crippen molar-refractivity contribution in [3.8, 4) is 0 Å². The van der Waals surface area contributed by atoms with E-state index < -0.39 is 0 Å². The van der Waals surface area contributed by atoms with Crippen molar-refractivity contribution < 1.29 is 4.79 Å². The molecule has 0 saturated carbocycles. The molecule has 3 heterocycles. The summed E-state index contributed by atoms with van der Waals surface area (Å²) in [6.07, 6.45) is 2.83. The van der Waals surface area contributed by atoms with E-state index in [0.29, 0.717) is 5.69 Å². The maximum atomic E-state index is 12.7. The van der Waals surface area contributed by atoms with Crippen molar-refractivity contribution in [2.45, 2.75) is 6.42 Å². The van der Waals surface area contributed by atoms with Crippen molar-refractivity contribution >= 4 is 37.4 Å². The van der Waals surface area contributed by atoms with Crippen molar-refractivity contribution in [2.75, 3.05) is 26.2 Å². The maximum Gasteiger partial charge on any atom is 0.272 e. The van der Waals surface area contributed by atoms with Crippen LogP contribution in [0.5, 0.6) is 0 Å². The lowest BCUT2D eigenvalue weighted by Crippen LogP contribution is -2.34. The Bertz CT molecular complexity index is 834. The Kier molecular flexibility index (Phi) is 3.52. The summed E-state index contributed by atoms with van der Waals surface area (Å²) in [7, 11) is 0. The van der Waals surface area contributed by atoms with Crippen LogP contribution in [0.25, 0.3) is 20.2 Å². The van der Waals surface area contributed by atoms with Crippen LogP contribution in [0.2, 0.25) is 0 Å². The van der Waals surface area contributed by atoms with Gasteiger partial charge in [-0.2, -0.15) is 0 Å². The first-order valence-corrected chi connectivity index (χ1v) is 8.42. The van der Waals surface area contributed by atoms with Gasteiger partial charge in [0.1, 0.15) is 5.69 Å². The number of nitrogens with zero attached hydrogens (tertiary/aromatic N) is 2. The summed E-state index contributed by atoms with van der Waals surface area (Å²) in [4.78, 5) is 19.0. The molecule has 0 bridgehead atoms. The lowest BCUT2D eigenvalue weighted by atomic mass is 10.1. The summed E-state index contributed by atoms with van der Waals surface area (Å²) in [5, 5.41) is 5.66. The van der Waals surface area contributed by atoms with Gasteiger partial charge in [0.15, 0.2) is 0 Å². The number of fused-ring (bicyclic) bond motifs is 3. The number of thiophene rings is 1. The first-order chi connectivity index (χ1) is 10.8. The fourth-order valence-corrected chi connectivity index (χ4v) is 4.01. The van der Waals surface area contributed by atoms with Crippen molar-refractivity contribution in [1.29, 1.82) is 0 Å². The van der Waals surface area contributed by atoms with Crippen molar-refractivity contribution in [1.82, 2.24) is 15.2 Å². The van der Waals surface area contributed by atoms with Gasteiger partial charge < -0.3 is 10.2 Å². The zero-order valence-corrected chi connectivity index (χ0v) is 13.0. The van der Waals surface area contributed by atoms with Crippen LogP contribution in [0, 0.1) is 0 Å². The second-order valence-corrected chi connectivity index (χ2v) is 6.64. The number of pyridine rings is 1. The highest BCUT2D eigenvalue weighted by Gasteiger charge is 2.19. The molecule has 4 nitrogen and oxygen atoms in total. The van der Waals surface area contributed by atoms with Crippen LogP contribution >= 0.6 is 11.3 Å². The number of hydrogen-bond acceptors (Lipinski definition) is 4. The largest absolute Gasteiger partial charge is 0.336 e. The molecule has 0 aliphatic carbocycles. The van der Waals surface area contributed by atoms with E-state index in [9.17, 15) is 4.79 Å². The molecule has 0 unspecified atom stereocenters. The molecular formula is C17H17N3OS. The van der Waals surface area contributed by atoms with Gasteiger partial charge in [0.2, 0.25) is 0 Å². The SMILES string of the molecule is O=C(c1cc2c(cn1)sc1ccccc12)N1CCCNCC1. The van der Waals surface area contributed by atoms with Crippen LogP contribution in [0.15, 0.2) is 36.5 Å². The quantitative estimate of drug-likeness (QED) is 0.751. The molecule has 1 aliphatic rings. The van der Waals surface area contributed by atoms with Crippen LogP contribution in [-0.2, 0) is 0 Å². The van der Waals surface area contributed by atoms with Gasteiger partial charge in [-0.3, -0.25) is 4.79 Å². The third-order valence-corrected chi connectivity index (χ3v) is 5.23. The number of nitrogens with one attached hydrogen (secondary N) is 1. The first-order valence-electron chi connectivity index (χ1n) is 7.60. The Morgan fingerprint density at radius 1 is 1.14 bits per heavy atom. The molecule has 0 atom stereocenters. The standard InChI is InChI=1S/C17H17N3OS/c21-17(20-8-3-6-18-7-9-20)14-10-13-12-4-1-2-5-15(12)22-16(13)11-19-14/h1-2,4-5,10-11,18H,3,6-9H2. The Morgan fingerprint density at radius 2 is 2.05 bits per heavy atom. The van der Waals surface area contributed by atoms with Crippen LogP contribution in [0.1, 0.15) is 16.9 Å². The number of carbonyl (C=O) groups is 1. The minimum atomic E-state index is 0.0425. The molecule has 22 heavy (non-hydrogen) atoms. The fourth-order valence-electron chi connectivity index (χ4n) is 2.96. The second kappa shape index (κ2) is 5.66. The van der Waals surface area contributed by atoms with Crippen molar-refractivity contribution in [3.05, 3.63) is 42.2 Å². The highest BCUT2D eigenvalue weighted by atomic mass is 32.1. The molecular weight excluding hydrogens is 294 g/mol. The van der Waals surface area contributed by atoms with E-state index in [0.717, 1.165) is 42.7 Å². The fraction of sp³-hybridized carbons (Fsp3) is 0.294. The molecule has 112 valence electrons. The Hall–Kier alpha value is -1.98. The average molecular weight is 311 g/mol. The predicted octanol–water partition coefficient (Wildman–Crippen LogP) is 2.89. The highest BCUT2D eigenvalue weighted by Crippen LogP contribution is 2.33. The predicted molar refractivity (Wildman–Crippen MR) is 90.5 cm³/mol. The van der Waals surface area contributed by atoms with Crippen LogP contribution in [0.4, 0.5) is 0 Å². The Morgan fingerprint density at radius 3 is 3.00 bits per heavy atom. The van der Waals surface area contributed by atoms with Gasteiger partial charge in [-0.25, -0.2) is 4.98 Å². The van der Waals surface area contributed by atoms with Gasteiger partial charge in [0.25, 0.3) is 5.91 Å². The number of benzene rings is 1. The molecule has 1 fully saturated rings. The molecule has 1 saturated heterocycles. The second-order valence-electron chi connectivity index (χ2n) is 5.56. The van der Waals surface area contributed by atoms with E-state index in [4.69, 9.17) is 0 Å². The zero-order chi connectivity index (χ0) is 14.9. The van der Waals surface area contributed by atoms with Crippen molar-refractivity contribution in [3.63, 3.8) is 0 Å². The molecule has 4 rings (SSSR count). The van der Waals surface area contributed by atoms with Crippen molar-refractivity contribution in [2.24, 2.45) is 0 Å². The van der Waals surface area contributed by atoms with E-state index >= 15 is 0 Å². The number of aromatic nitrogens is 1. The molecule has 0 radical (unpaired) electrons. The lowest BCUT2D eigenvalue weighted by molar-refractivity contribution is 0.0761. The molecule has 0 spiro atoms. The van der Waals surface area contributed by atoms with Gasteiger partial charge in [-0.05, 0) is 25.1 Å². The summed E-state index contributed by atoms with van der Waals surface area (Å²) < 4.78 is 2.37. The summed E-state index contributed by atoms with van der Waals surface area (Å²) in [5.41, 5.74) is 0.554. The summed E-state index contributed by atoms with van der Waals surface area (Å²) in [5.74, 6) is 0.0425. The number of rotatable bonds is 1. The van der Waals surface area contributed by atoms with E-state index in [1.807, 2.05) is 29.3 Å². The number of hydrogen-bond donors (Lipinski definition) is 1. The topological polar surface area (TPSA) is 45.2 Å². The Balaban J connectivity index is 1.75. The van der Waals surface area contributed by atoms with E-state index in [1.54, 1.807) is 11.3 Å². The van der Waals surface area contributed by atoms with Crippen LogP contribution in [-0.4, -0.2) is 42.0 Å². The molecule has 1 aromatic carbocycles. The van der Waals surface area contributed by atoms with Gasteiger partial charge in [0.05, 0.1) is 4.70 Å². The average Bonchev–Trinajstić information content (AvgIpc) is 2.73. The summed E-state index contributed by atoms with van der Waals surface area (Å²) in [6.45, 7) is 3.39. The van der Waals surface area contributed by atoms with Gasteiger partial charge in [0, 0.05) is 41.3 Å². The van der Waals surface area contributed by atoms with Gasteiger partial charge in [-0.15, -0.1) is 11.3 Å². The normalized spacial score (nSPS) is 16.1. The van der Waals surface area contributed by atoms with E-state index in [1.165, 1.54) is 10.1 Å². The molecule has 3 aromatic rings. The minimum absolute atomic E-state index is 0.0425. The number of carbonyl (C=O) groups excluding carboxylic acids is 1. The highest BCUT2D eigenvalue weighted by molar-refractivity contribution is 7.25. The van der Waals surface area contributed by atoms with Gasteiger partial charge >= 0.3 is 0 Å². The maximum absolute atomic E-state index is 12.7. The molecule has 1 aliphatic heterocycles. The zero-order valence-electron chi connectivity index (χ0n) is 12.2. The van der Waals surface area contributed by atoms with Crippen LogP contribution in [0.3, 0.4) is 0 Å². The third kappa shape index (κ3) is 2.36. The summed E-state index contributed by atoms with van der Waals surface area (Å²) >= 11 is 1.72. The third-order valence-electron chi connectivity index (χ3n) is 4.11. The van der Waals surface area contributed by atoms with Gasteiger partial charge in [-0.1, -0.05) is 18.2 Å². The molecule has 5 heteroatoms. The van der Waals surface area contributed by atoms with E-state index in [2.05, 4.69) is 22.4 Å². The lowest BCUT2D eigenvalue weighted by Gasteiger charge is -2.19. The molecule has 1 amide bonds. The molecule has 1 N–H and O–H groups in total. The Labute approximate surface area is 132 Å². The first kappa shape index (κ1) is 13.7. The molecule has 2 aromatic heterocycles. The number of amides is 1. The van der Waals surface area contributed by atoms with Crippen LogP contribution < -0.4 is 5.32 Å². The van der Waals surface area contributed by atoms with E-state index in [-0.39, 0.29) is 5.91 Å². The minimum Gasteiger partial charge on any atom is -0.336 e. The monoisotopic (exact) mass is 311 g/mol. The smallest absolute Gasteiger partial charge is 0.272 e.